The van der Waals surface area contributed by atoms with Gasteiger partial charge in [0.05, 0.1) is 18.8 Å². The molecule has 1 aromatic heterocycles. The number of ether oxygens (including phenoxy) is 1. The quantitative estimate of drug-likeness (QED) is 0.778. The smallest absolute Gasteiger partial charge is 0.407 e. The molecule has 1 heterocycles. The van der Waals surface area contributed by atoms with Crippen LogP contribution in [-0.4, -0.2) is 17.7 Å². The predicted molar refractivity (Wildman–Crippen MR) is 62.1 cm³/mol. The summed E-state index contributed by atoms with van der Waals surface area (Å²) in [5.74, 6) is 0. The Balaban J connectivity index is 2.26. The second-order valence-electron chi connectivity index (χ2n) is 3.67. The molecule has 0 aliphatic carbocycles. The number of aryl methyl sites for hydroxylation is 1. The van der Waals surface area contributed by atoms with Gasteiger partial charge in [-0.05, 0) is 31.0 Å². The van der Waals surface area contributed by atoms with Crippen LogP contribution in [0.3, 0.4) is 0 Å². The van der Waals surface area contributed by atoms with E-state index in [0.29, 0.717) is 13.2 Å². The van der Waals surface area contributed by atoms with Crippen LogP contribution in [0.4, 0.5) is 4.79 Å². The lowest BCUT2D eigenvalue weighted by Gasteiger charge is -2.06. The van der Waals surface area contributed by atoms with Crippen LogP contribution in [-0.2, 0) is 11.3 Å². The van der Waals surface area contributed by atoms with Crippen LogP contribution in [0.15, 0.2) is 18.3 Å². The van der Waals surface area contributed by atoms with Crippen molar-refractivity contribution < 1.29 is 9.53 Å². The number of amides is 1. The molecule has 4 nitrogen and oxygen atoms in total. The molecule has 16 heavy (non-hydrogen) atoms. The molecule has 0 saturated heterocycles. The van der Waals surface area contributed by atoms with E-state index in [1.54, 1.807) is 6.20 Å². The highest BCUT2D eigenvalue weighted by molar-refractivity contribution is 5.67. The van der Waals surface area contributed by atoms with Crippen molar-refractivity contribution >= 4 is 6.09 Å². The fraction of sp³-hybridized carbons (Fsp3) is 0.500. The number of carbonyl (C=O) groups is 1. The fourth-order valence-electron chi connectivity index (χ4n) is 1.22. The zero-order valence-electron chi connectivity index (χ0n) is 9.82. The number of unbranched alkanes of at least 4 members (excludes halogenated alkanes) is 1. The molecule has 0 aliphatic rings. The van der Waals surface area contributed by atoms with Crippen LogP contribution >= 0.6 is 0 Å². The molecule has 0 fully saturated rings. The summed E-state index contributed by atoms with van der Waals surface area (Å²) in [6.07, 6.45) is 3.27. The van der Waals surface area contributed by atoms with E-state index >= 15 is 0 Å². The van der Waals surface area contributed by atoms with Gasteiger partial charge in [0.1, 0.15) is 0 Å². The van der Waals surface area contributed by atoms with E-state index in [4.69, 9.17) is 4.74 Å². The normalized spacial score (nSPS) is 9.88. The van der Waals surface area contributed by atoms with Gasteiger partial charge in [0, 0.05) is 6.20 Å². The number of alkyl carbamates (subject to hydrolysis) is 1. The predicted octanol–water partition coefficient (Wildman–Crippen LogP) is 2.42. The topological polar surface area (TPSA) is 51.2 Å². The zero-order valence-corrected chi connectivity index (χ0v) is 9.82. The first-order valence-corrected chi connectivity index (χ1v) is 5.54. The minimum Gasteiger partial charge on any atom is -0.450 e. The summed E-state index contributed by atoms with van der Waals surface area (Å²) in [7, 11) is 0. The van der Waals surface area contributed by atoms with Crippen molar-refractivity contribution in [2.45, 2.75) is 33.2 Å². The highest BCUT2D eigenvalue weighted by Crippen LogP contribution is 1.99. The lowest BCUT2D eigenvalue weighted by Crippen LogP contribution is -2.24. The fourth-order valence-corrected chi connectivity index (χ4v) is 1.22. The Hall–Kier alpha value is -1.58. The van der Waals surface area contributed by atoms with Crippen molar-refractivity contribution in [1.29, 1.82) is 0 Å². The number of hydrogen-bond acceptors (Lipinski definition) is 3. The van der Waals surface area contributed by atoms with Gasteiger partial charge in [0.25, 0.3) is 0 Å². The van der Waals surface area contributed by atoms with Gasteiger partial charge >= 0.3 is 6.09 Å². The van der Waals surface area contributed by atoms with Crippen molar-refractivity contribution in [3.05, 3.63) is 29.6 Å². The lowest BCUT2D eigenvalue weighted by molar-refractivity contribution is 0.144. The highest BCUT2D eigenvalue weighted by atomic mass is 16.5. The molecular formula is C12H18N2O2. The van der Waals surface area contributed by atoms with E-state index in [-0.39, 0.29) is 6.09 Å². The minimum atomic E-state index is -0.378. The van der Waals surface area contributed by atoms with Crippen molar-refractivity contribution in [3.63, 3.8) is 0 Å². The molecule has 0 atom stereocenters. The SMILES string of the molecule is CCCCOC(=O)NCc1cc(C)ccn1. The van der Waals surface area contributed by atoms with E-state index in [9.17, 15) is 4.79 Å². The number of hydrogen-bond donors (Lipinski definition) is 1. The standard InChI is InChI=1S/C12H18N2O2/c1-3-4-7-16-12(15)14-9-11-8-10(2)5-6-13-11/h5-6,8H,3-4,7,9H2,1-2H3,(H,14,15). The minimum absolute atomic E-state index is 0.378. The number of pyridine rings is 1. The summed E-state index contributed by atoms with van der Waals surface area (Å²) in [4.78, 5) is 15.4. The summed E-state index contributed by atoms with van der Waals surface area (Å²) >= 11 is 0. The average molecular weight is 222 g/mol. The summed E-state index contributed by atoms with van der Waals surface area (Å²) in [6.45, 7) is 4.93. The maximum atomic E-state index is 11.2. The maximum Gasteiger partial charge on any atom is 0.407 e. The number of nitrogens with one attached hydrogen (secondary N) is 1. The molecule has 1 N–H and O–H groups in total. The van der Waals surface area contributed by atoms with Gasteiger partial charge < -0.3 is 10.1 Å². The molecule has 0 spiro atoms. The third kappa shape index (κ3) is 4.77. The number of rotatable bonds is 5. The van der Waals surface area contributed by atoms with Crippen molar-refractivity contribution in [1.82, 2.24) is 10.3 Å². The number of carbonyl (C=O) groups excluding carboxylic acids is 1. The Morgan fingerprint density at radius 3 is 3.06 bits per heavy atom. The monoisotopic (exact) mass is 222 g/mol. The van der Waals surface area contributed by atoms with Crippen LogP contribution < -0.4 is 5.32 Å². The lowest BCUT2D eigenvalue weighted by atomic mass is 10.2. The van der Waals surface area contributed by atoms with Crippen LogP contribution in [0.1, 0.15) is 31.0 Å². The van der Waals surface area contributed by atoms with E-state index in [1.165, 1.54) is 0 Å². The molecule has 0 unspecified atom stereocenters. The van der Waals surface area contributed by atoms with Crippen molar-refractivity contribution in [3.8, 4) is 0 Å². The van der Waals surface area contributed by atoms with Crippen LogP contribution in [0, 0.1) is 6.92 Å². The molecule has 1 rings (SSSR count). The second-order valence-corrected chi connectivity index (χ2v) is 3.67. The highest BCUT2D eigenvalue weighted by Gasteiger charge is 2.01. The Morgan fingerprint density at radius 1 is 1.56 bits per heavy atom. The van der Waals surface area contributed by atoms with Gasteiger partial charge in [-0.3, -0.25) is 4.98 Å². The number of aromatic nitrogens is 1. The Bertz CT molecular complexity index is 340. The van der Waals surface area contributed by atoms with E-state index in [2.05, 4.69) is 17.2 Å². The molecule has 0 saturated carbocycles. The Morgan fingerprint density at radius 2 is 2.38 bits per heavy atom. The molecular weight excluding hydrogens is 204 g/mol. The molecule has 1 aromatic rings. The van der Waals surface area contributed by atoms with E-state index in [0.717, 1.165) is 24.1 Å². The molecule has 0 radical (unpaired) electrons. The Kier molecular flexibility index (Phi) is 5.32. The molecule has 0 aromatic carbocycles. The van der Waals surface area contributed by atoms with E-state index < -0.39 is 0 Å². The molecule has 4 heteroatoms. The van der Waals surface area contributed by atoms with Gasteiger partial charge in [-0.1, -0.05) is 13.3 Å². The van der Waals surface area contributed by atoms with Gasteiger partial charge in [0.15, 0.2) is 0 Å². The van der Waals surface area contributed by atoms with Crippen LogP contribution in [0.5, 0.6) is 0 Å². The molecule has 0 bridgehead atoms. The summed E-state index contributed by atoms with van der Waals surface area (Å²) in [5.41, 5.74) is 1.97. The second kappa shape index (κ2) is 6.82. The Labute approximate surface area is 96.0 Å². The molecule has 0 aliphatic heterocycles. The first-order chi connectivity index (χ1) is 7.72. The first-order valence-electron chi connectivity index (χ1n) is 5.54. The van der Waals surface area contributed by atoms with Gasteiger partial charge in [-0.2, -0.15) is 0 Å². The van der Waals surface area contributed by atoms with Crippen LogP contribution in [0.25, 0.3) is 0 Å². The van der Waals surface area contributed by atoms with E-state index in [1.807, 2.05) is 19.1 Å². The third-order valence-corrected chi connectivity index (χ3v) is 2.12. The molecule has 88 valence electrons. The maximum absolute atomic E-state index is 11.2. The largest absolute Gasteiger partial charge is 0.450 e. The average Bonchev–Trinajstić information content (AvgIpc) is 2.27. The summed E-state index contributed by atoms with van der Waals surface area (Å²) in [6, 6.07) is 3.86. The zero-order chi connectivity index (χ0) is 11.8. The van der Waals surface area contributed by atoms with Gasteiger partial charge in [-0.15, -0.1) is 0 Å². The first kappa shape index (κ1) is 12.5. The number of nitrogens with zero attached hydrogens (tertiary/aromatic N) is 1. The molecule has 1 amide bonds. The summed E-state index contributed by atoms with van der Waals surface area (Å²) in [5, 5.41) is 2.66. The van der Waals surface area contributed by atoms with Crippen molar-refractivity contribution in [2.75, 3.05) is 6.61 Å². The third-order valence-electron chi connectivity index (χ3n) is 2.12. The summed E-state index contributed by atoms with van der Waals surface area (Å²) < 4.78 is 4.96. The van der Waals surface area contributed by atoms with Crippen molar-refractivity contribution in [2.24, 2.45) is 0 Å². The van der Waals surface area contributed by atoms with Gasteiger partial charge in [-0.25, -0.2) is 4.79 Å². The van der Waals surface area contributed by atoms with Crippen LogP contribution in [0.2, 0.25) is 0 Å². The van der Waals surface area contributed by atoms with Gasteiger partial charge in [0.2, 0.25) is 0 Å².